The third kappa shape index (κ3) is 4.97. The number of carbonyl (C=O) groups is 2. The summed E-state index contributed by atoms with van der Waals surface area (Å²) in [6.45, 7) is 3.91. The largest absolute Gasteiger partial charge is 0.480 e. The number of carboxylic acid groups (broad SMARTS) is 1. The summed E-state index contributed by atoms with van der Waals surface area (Å²) in [6, 6.07) is 4.51. The molecule has 0 bridgehead atoms. The fourth-order valence-electron chi connectivity index (χ4n) is 2.03. The minimum atomic E-state index is -1.01. The normalized spacial score (nSPS) is 11.8. The fraction of sp³-hybridized carbons (Fsp3) is 0.467. The minimum absolute atomic E-state index is 0.406. The molecule has 116 valence electrons. The molecule has 1 aromatic rings. The maximum atomic E-state index is 12.2. The molecule has 1 rings (SSSR count). The van der Waals surface area contributed by atoms with Gasteiger partial charge in [-0.25, -0.2) is 9.59 Å². The number of amides is 2. The highest BCUT2D eigenvalue weighted by atomic mass is 32.2. The van der Waals surface area contributed by atoms with Crippen LogP contribution in [0.1, 0.15) is 17.5 Å². The van der Waals surface area contributed by atoms with Gasteiger partial charge in [-0.2, -0.15) is 11.8 Å². The number of carbonyl (C=O) groups excluding carboxylic acids is 1. The molecular weight excluding hydrogens is 288 g/mol. The number of benzene rings is 1. The Bertz CT molecular complexity index is 520. The highest BCUT2D eigenvalue weighted by molar-refractivity contribution is 7.98. The fourth-order valence-corrected chi connectivity index (χ4v) is 2.50. The number of nitrogens with one attached hydrogen (secondary N) is 1. The van der Waals surface area contributed by atoms with Crippen LogP contribution < -0.4 is 10.2 Å². The Morgan fingerprint density at radius 1 is 1.38 bits per heavy atom. The summed E-state index contributed by atoms with van der Waals surface area (Å²) in [5.74, 6) is -0.323. The Labute approximate surface area is 129 Å². The van der Waals surface area contributed by atoms with Crippen molar-refractivity contribution in [2.75, 3.05) is 24.0 Å². The number of urea groups is 1. The van der Waals surface area contributed by atoms with Crippen molar-refractivity contribution in [3.63, 3.8) is 0 Å². The molecule has 0 fully saturated rings. The molecule has 0 aliphatic heterocycles. The number of carboxylic acids is 1. The minimum Gasteiger partial charge on any atom is -0.480 e. The van der Waals surface area contributed by atoms with Gasteiger partial charge in [-0.05, 0) is 43.9 Å². The summed E-state index contributed by atoms with van der Waals surface area (Å²) in [6.07, 6.45) is 2.31. The van der Waals surface area contributed by atoms with Crippen LogP contribution in [0.4, 0.5) is 10.5 Å². The second kappa shape index (κ2) is 7.93. The second-order valence-electron chi connectivity index (χ2n) is 4.97. The van der Waals surface area contributed by atoms with Gasteiger partial charge in [0.2, 0.25) is 0 Å². The third-order valence-corrected chi connectivity index (χ3v) is 3.87. The van der Waals surface area contributed by atoms with Gasteiger partial charge < -0.3 is 10.4 Å². The van der Waals surface area contributed by atoms with Crippen LogP contribution in [0.15, 0.2) is 18.2 Å². The molecule has 0 aliphatic rings. The lowest BCUT2D eigenvalue weighted by molar-refractivity contribution is -0.139. The molecule has 1 aromatic carbocycles. The molecular formula is C15H22N2O3S. The van der Waals surface area contributed by atoms with Crippen LogP contribution in [0.5, 0.6) is 0 Å². The van der Waals surface area contributed by atoms with Crippen LogP contribution >= 0.6 is 11.8 Å². The number of nitrogens with zero attached hydrogens (tertiary/aromatic N) is 1. The lowest BCUT2D eigenvalue weighted by Gasteiger charge is -2.23. The van der Waals surface area contributed by atoms with Gasteiger partial charge in [0.15, 0.2) is 0 Å². The zero-order valence-electron chi connectivity index (χ0n) is 12.8. The Morgan fingerprint density at radius 3 is 2.57 bits per heavy atom. The molecule has 0 heterocycles. The van der Waals surface area contributed by atoms with Gasteiger partial charge in [-0.1, -0.05) is 17.7 Å². The quantitative estimate of drug-likeness (QED) is 0.847. The average molecular weight is 310 g/mol. The molecule has 6 heteroatoms. The van der Waals surface area contributed by atoms with E-state index in [1.54, 1.807) is 18.8 Å². The predicted molar refractivity (Wildman–Crippen MR) is 87.3 cm³/mol. The monoisotopic (exact) mass is 310 g/mol. The van der Waals surface area contributed by atoms with Gasteiger partial charge >= 0.3 is 12.0 Å². The zero-order valence-corrected chi connectivity index (χ0v) is 13.7. The van der Waals surface area contributed by atoms with Crippen molar-refractivity contribution in [1.82, 2.24) is 5.32 Å². The van der Waals surface area contributed by atoms with Crippen LogP contribution in [0, 0.1) is 13.8 Å². The highest BCUT2D eigenvalue weighted by Gasteiger charge is 2.22. The van der Waals surface area contributed by atoms with E-state index in [1.807, 2.05) is 38.3 Å². The number of rotatable bonds is 6. The van der Waals surface area contributed by atoms with E-state index in [9.17, 15) is 9.59 Å². The molecule has 21 heavy (non-hydrogen) atoms. The summed E-state index contributed by atoms with van der Waals surface area (Å²) < 4.78 is 0. The summed E-state index contributed by atoms with van der Waals surface area (Å²) in [5, 5.41) is 11.7. The number of aliphatic carboxylic acids is 1. The van der Waals surface area contributed by atoms with E-state index in [0.29, 0.717) is 12.2 Å². The molecule has 0 saturated heterocycles. The number of anilines is 1. The van der Waals surface area contributed by atoms with Crippen molar-refractivity contribution >= 4 is 29.4 Å². The maximum absolute atomic E-state index is 12.2. The van der Waals surface area contributed by atoms with Crippen LogP contribution in [0.3, 0.4) is 0 Å². The molecule has 0 aliphatic carbocycles. The van der Waals surface area contributed by atoms with E-state index >= 15 is 0 Å². The molecule has 1 atom stereocenters. The van der Waals surface area contributed by atoms with Gasteiger partial charge in [0.1, 0.15) is 6.04 Å². The Hall–Kier alpha value is -1.69. The summed E-state index contributed by atoms with van der Waals surface area (Å²) in [7, 11) is 1.64. The van der Waals surface area contributed by atoms with Crippen LogP contribution in [-0.4, -0.2) is 42.2 Å². The third-order valence-electron chi connectivity index (χ3n) is 3.22. The van der Waals surface area contributed by atoms with E-state index in [-0.39, 0.29) is 0 Å². The van der Waals surface area contributed by atoms with Crippen LogP contribution in [0.2, 0.25) is 0 Å². The van der Waals surface area contributed by atoms with Crippen LogP contribution in [0.25, 0.3) is 0 Å². The average Bonchev–Trinajstić information content (AvgIpc) is 2.42. The molecule has 0 unspecified atom stereocenters. The van der Waals surface area contributed by atoms with Gasteiger partial charge in [0.05, 0.1) is 0 Å². The van der Waals surface area contributed by atoms with Crippen molar-refractivity contribution in [3.8, 4) is 0 Å². The summed E-state index contributed by atoms with van der Waals surface area (Å²) >= 11 is 1.56. The van der Waals surface area contributed by atoms with Crippen molar-refractivity contribution in [3.05, 3.63) is 29.3 Å². The molecule has 2 N–H and O–H groups in total. The van der Waals surface area contributed by atoms with E-state index < -0.39 is 18.0 Å². The number of hydrogen-bond donors (Lipinski definition) is 2. The topological polar surface area (TPSA) is 69.6 Å². The first-order valence-corrected chi connectivity index (χ1v) is 8.09. The lowest BCUT2D eigenvalue weighted by Crippen LogP contribution is -2.47. The van der Waals surface area contributed by atoms with Gasteiger partial charge in [0.25, 0.3) is 0 Å². The van der Waals surface area contributed by atoms with Crippen molar-refractivity contribution in [2.45, 2.75) is 26.3 Å². The maximum Gasteiger partial charge on any atom is 0.326 e. The first-order valence-electron chi connectivity index (χ1n) is 6.70. The molecule has 0 saturated carbocycles. The number of aryl methyl sites for hydroxylation is 2. The summed E-state index contributed by atoms with van der Waals surface area (Å²) in [4.78, 5) is 24.8. The smallest absolute Gasteiger partial charge is 0.326 e. The first kappa shape index (κ1) is 17.4. The molecule has 2 amide bonds. The van der Waals surface area contributed by atoms with Crippen LogP contribution in [-0.2, 0) is 4.79 Å². The number of hydrogen-bond acceptors (Lipinski definition) is 3. The van der Waals surface area contributed by atoms with E-state index in [1.165, 1.54) is 4.90 Å². The van der Waals surface area contributed by atoms with Crippen molar-refractivity contribution < 1.29 is 14.7 Å². The highest BCUT2D eigenvalue weighted by Crippen LogP contribution is 2.20. The standard InChI is InChI=1S/C15H22N2O3S/c1-10-5-6-13(11(2)9-10)17(3)15(20)16-12(14(18)19)7-8-21-4/h5-6,9,12H,7-8H2,1-4H3,(H,16,20)(H,18,19)/t12-/m0/s1. The Balaban J connectivity index is 2.79. The Morgan fingerprint density at radius 2 is 2.05 bits per heavy atom. The number of thioether (sulfide) groups is 1. The first-order chi connectivity index (χ1) is 9.86. The lowest BCUT2D eigenvalue weighted by atomic mass is 10.1. The van der Waals surface area contributed by atoms with E-state index in [2.05, 4.69) is 5.32 Å². The van der Waals surface area contributed by atoms with E-state index in [4.69, 9.17) is 5.11 Å². The predicted octanol–water partition coefficient (Wildman–Crippen LogP) is 2.66. The van der Waals surface area contributed by atoms with Gasteiger partial charge in [-0.15, -0.1) is 0 Å². The molecule has 0 radical (unpaired) electrons. The molecule has 5 nitrogen and oxygen atoms in total. The zero-order chi connectivity index (χ0) is 16.0. The molecule has 0 aromatic heterocycles. The van der Waals surface area contributed by atoms with E-state index in [0.717, 1.165) is 16.8 Å². The molecule has 0 spiro atoms. The second-order valence-corrected chi connectivity index (χ2v) is 5.96. The van der Waals surface area contributed by atoms with Crippen molar-refractivity contribution in [2.24, 2.45) is 0 Å². The summed E-state index contributed by atoms with van der Waals surface area (Å²) in [5.41, 5.74) is 2.86. The van der Waals surface area contributed by atoms with Crippen molar-refractivity contribution in [1.29, 1.82) is 0 Å². The van der Waals surface area contributed by atoms with Gasteiger partial charge in [-0.3, -0.25) is 4.90 Å². The van der Waals surface area contributed by atoms with Gasteiger partial charge in [0, 0.05) is 12.7 Å². The SMILES string of the molecule is CSCC[C@H](NC(=O)N(C)c1ccc(C)cc1C)C(=O)O. The Kier molecular flexibility index (Phi) is 6.55.